The van der Waals surface area contributed by atoms with Gasteiger partial charge in [-0.2, -0.15) is 0 Å². The van der Waals surface area contributed by atoms with Crippen LogP contribution in [0.4, 0.5) is 0 Å². The average molecular weight is 573 g/mol. The topological polar surface area (TPSA) is 73.6 Å². The van der Waals surface area contributed by atoms with Crippen molar-refractivity contribution in [1.82, 2.24) is 35.2 Å². The maximum atomic E-state index is 4.95. The molecule has 2 saturated heterocycles. The van der Waals surface area contributed by atoms with Gasteiger partial charge in [-0.1, -0.05) is 26.2 Å². The van der Waals surface area contributed by atoms with Crippen molar-refractivity contribution in [3.8, 4) is 0 Å². The molecule has 3 aliphatic rings. The molecule has 1 aliphatic carbocycles. The first-order valence-electron chi connectivity index (χ1n) is 13.0. The quantitative estimate of drug-likeness (QED) is 0.298. The number of guanidine groups is 1. The summed E-state index contributed by atoms with van der Waals surface area (Å²) in [7, 11) is 2.02. The molecule has 3 heterocycles. The minimum atomic E-state index is 0. The molecule has 0 spiro atoms. The van der Waals surface area contributed by atoms with Gasteiger partial charge in [0.2, 0.25) is 0 Å². The highest BCUT2D eigenvalue weighted by molar-refractivity contribution is 14.0. The highest BCUT2D eigenvalue weighted by atomic mass is 127. The molecular formula is C24H45IN8. The molecule has 0 aromatic carbocycles. The molecule has 33 heavy (non-hydrogen) atoms. The molecule has 2 N–H and O–H groups in total. The lowest BCUT2D eigenvalue weighted by molar-refractivity contribution is 0.115. The summed E-state index contributed by atoms with van der Waals surface area (Å²) in [5.74, 6) is 2.77. The average Bonchev–Trinajstić information content (AvgIpc) is 3.42. The van der Waals surface area contributed by atoms with Gasteiger partial charge in [-0.15, -0.1) is 34.2 Å². The second-order valence-corrected chi connectivity index (χ2v) is 9.96. The maximum Gasteiger partial charge on any atom is 0.192 e. The van der Waals surface area contributed by atoms with Gasteiger partial charge < -0.3 is 15.2 Å². The highest BCUT2D eigenvalue weighted by Gasteiger charge is 2.28. The number of likely N-dealkylation sites (N-methyl/N-ethyl adjacent to an activating group) is 1. The van der Waals surface area contributed by atoms with Crippen LogP contribution in [0.15, 0.2) is 4.99 Å². The van der Waals surface area contributed by atoms with Gasteiger partial charge >= 0.3 is 0 Å². The summed E-state index contributed by atoms with van der Waals surface area (Å²) in [6.45, 7) is 10.5. The maximum absolute atomic E-state index is 4.95. The molecule has 8 nitrogen and oxygen atoms in total. The summed E-state index contributed by atoms with van der Waals surface area (Å²) < 4.78 is 2.03. The van der Waals surface area contributed by atoms with Crippen LogP contribution >= 0.6 is 24.0 Å². The molecule has 188 valence electrons. The van der Waals surface area contributed by atoms with Gasteiger partial charge in [-0.3, -0.25) is 9.80 Å². The van der Waals surface area contributed by atoms with Gasteiger partial charge in [0.15, 0.2) is 11.8 Å². The van der Waals surface area contributed by atoms with E-state index in [-0.39, 0.29) is 24.0 Å². The smallest absolute Gasteiger partial charge is 0.192 e. The Morgan fingerprint density at radius 1 is 1.03 bits per heavy atom. The highest BCUT2D eigenvalue weighted by Crippen LogP contribution is 2.25. The van der Waals surface area contributed by atoms with E-state index >= 15 is 0 Å². The van der Waals surface area contributed by atoms with E-state index in [4.69, 9.17) is 4.99 Å². The lowest BCUT2D eigenvalue weighted by Gasteiger charge is -2.40. The number of aromatic nitrogens is 3. The number of aryl methyl sites for hydroxylation is 1. The van der Waals surface area contributed by atoms with Crippen molar-refractivity contribution in [3.63, 3.8) is 0 Å². The van der Waals surface area contributed by atoms with Gasteiger partial charge in [0.05, 0.1) is 0 Å². The first kappa shape index (κ1) is 26.7. The third-order valence-electron chi connectivity index (χ3n) is 7.86. The number of aliphatic imine (C=N–C) groups is 1. The number of nitrogens with zero attached hydrogens (tertiary/aromatic N) is 6. The van der Waals surface area contributed by atoms with E-state index in [1.165, 1.54) is 70.9 Å². The van der Waals surface area contributed by atoms with E-state index in [9.17, 15) is 0 Å². The molecule has 9 heteroatoms. The Labute approximate surface area is 217 Å². The molecule has 4 rings (SSSR count). The fourth-order valence-electron chi connectivity index (χ4n) is 5.74. The Hall–Kier alpha value is -0.940. The summed E-state index contributed by atoms with van der Waals surface area (Å²) in [5, 5.41) is 16.0. The zero-order chi connectivity index (χ0) is 22.3. The van der Waals surface area contributed by atoms with Crippen LogP contribution in [0.3, 0.4) is 0 Å². The number of likely N-dealkylation sites (tertiary alicyclic amines) is 2. The SMILES string of the molecule is CCN1CCCC1CNC(=NCc1nnc(C)n1C)NC1CCCN(C2CCCCC2)C1.I. The standard InChI is InChI=1S/C24H44N8.HI/c1-4-31-14-9-13-22(31)16-25-24(26-17-23-29-28-19(2)30(23)3)27-20-10-8-15-32(18-20)21-11-6-5-7-12-21;/h20-22H,4-18H2,1-3H3,(H2,25,26,27);1H. The number of piperidine rings is 1. The predicted octanol–water partition coefficient (Wildman–Crippen LogP) is 3.06. The van der Waals surface area contributed by atoms with Crippen molar-refractivity contribution in [2.45, 2.75) is 96.3 Å². The Bertz CT molecular complexity index is 745. The van der Waals surface area contributed by atoms with Gasteiger partial charge in [0, 0.05) is 38.3 Å². The lowest BCUT2D eigenvalue weighted by Crippen LogP contribution is -2.54. The number of halogens is 1. The summed E-state index contributed by atoms with van der Waals surface area (Å²) in [4.78, 5) is 10.3. The Morgan fingerprint density at radius 2 is 1.82 bits per heavy atom. The zero-order valence-electron chi connectivity index (χ0n) is 20.9. The van der Waals surface area contributed by atoms with Crippen molar-refractivity contribution in [3.05, 3.63) is 11.6 Å². The largest absolute Gasteiger partial charge is 0.355 e. The lowest BCUT2D eigenvalue weighted by atomic mass is 9.92. The fraction of sp³-hybridized carbons (Fsp3) is 0.875. The second-order valence-electron chi connectivity index (χ2n) is 9.96. The monoisotopic (exact) mass is 572 g/mol. The number of hydrogen-bond acceptors (Lipinski definition) is 5. The summed E-state index contributed by atoms with van der Waals surface area (Å²) in [6.07, 6.45) is 12.1. The van der Waals surface area contributed by atoms with E-state index in [0.29, 0.717) is 18.6 Å². The summed E-state index contributed by atoms with van der Waals surface area (Å²) >= 11 is 0. The second kappa shape index (κ2) is 13.2. The summed E-state index contributed by atoms with van der Waals surface area (Å²) in [5.41, 5.74) is 0. The number of nitrogens with one attached hydrogen (secondary N) is 2. The van der Waals surface area contributed by atoms with Crippen LogP contribution in [0, 0.1) is 6.92 Å². The molecule has 1 aromatic rings. The van der Waals surface area contributed by atoms with Gasteiger partial charge in [-0.05, 0) is 65.1 Å². The van der Waals surface area contributed by atoms with E-state index in [1.807, 2.05) is 18.5 Å². The predicted molar refractivity (Wildman–Crippen MR) is 145 cm³/mol. The van der Waals surface area contributed by atoms with Crippen LogP contribution in [0.5, 0.6) is 0 Å². The molecular weight excluding hydrogens is 527 g/mol. The minimum absolute atomic E-state index is 0. The normalized spacial score (nSPS) is 25.7. The van der Waals surface area contributed by atoms with Crippen molar-refractivity contribution in [1.29, 1.82) is 0 Å². The molecule has 0 bridgehead atoms. The Morgan fingerprint density at radius 3 is 2.55 bits per heavy atom. The molecule has 0 radical (unpaired) electrons. The van der Waals surface area contributed by atoms with Gasteiger partial charge in [0.1, 0.15) is 12.4 Å². The molecule has 2 atom stereocenters. The van der Waals surface area contributed by atoms with Crippen LogP contribution in [-0.4, -0.2) is 81.4 Å². The first-order chi connectivity index (χ1) is 15.6. The van der Waals surface area contributed by atoms with Crippen LogP contribution in [0.25, 0.3) is 0 Å². The van der Waals surface area contributed by atoms with E-state index in [0.717, 1.165) is 43.3 Å². The number of rotatable bonds is 7. The van der Waals surface area contributed by atoms with E-state index in [1.54, 1.807) is 0 Å². The van der Waals surface area contributed by atoms with Crippen LogP contribution in [0.2, 0.25) is 0 Å². The van der Waals surface area contributed by atoms with Crippen LogP contribution in [0.1, 0.15) is 76.4 Å². The van der Waals surface area contributed by atoms with Crippen molar-refractivity contribution < 1.29 is 0 Å². The molecule has 1 aromatic heterocycles. The van der Waals surface area contributed by atoms with E-state index < -0.39 is 0 Å². The van der Waals surface area contributed by atoms with Crippen molar-refractivity contribution >= 4 is 29.9 Å². The van der Waals surface area contributed by atoms with Crippen molar-refractivity contribution in [2.24, 2.45) is 12.0 Å². The third-order valence-corrected chi connectivity index (χ3v) is 7.86. The number of hydrogen-bond donors (Lipinski definition) is 2. The Kier molecular flexibility index (Phi) is 10.7. The fourth-order valence-corrected chi connectivity index (χ4v) is 5.74. The van der Waals surface area contributed by atoms with Gasteiger partial charge in [-0.25, -0.2) is 4.99 Å². The summed E-state index contributed by atoms with van der Waals surface area (Å²) in [6, 6.07) is 1.86. The molecule has 3 fully saturated rings. The molecule has 0 amide bonds. The third kappa shape index (κ3) is 7.27. The van der Waals surface area contributed by atoms with Crippen molar-refractivity contribution in [2.75, 3.05) is 32.7 Å². The van der Waals surface area contributed by atoms with Crippen LogP contribution in [-0.2, 0) is 13.6 Å². The van der Waals surface area contributed by atoms with Crippen LogP contribution < -0.4 is 10.6 Å². The minimum Gasteiger partial charge on any atom is -0.355 e. The Balaban J connectivity index is 0.00000306. The zero-order valence-corrected chi connectivity index (χ0v) is 23.3. The molecule has 1 saturated carbocycles. The van der Waals surface area contributed by atoms with Gasteiger partial charge in [0.25, 0.3) is 0 Å². The molecule has 2 aliphatic heterocycles. The first-order valence-corrected chi connectivity index (χ1v) is 13.0. The molecule has 2 unspecified atom stereocenters. The van der Waals surface area contributed by atoms with E-state index in [2.05, 4.69) is 37.6 Å².